The maximum atomic E-state index is 14.1. The van der Waals surface area contributed by atoms with Gasteiger partial charge in [0.2, 0.25) is 5.78 Å². The van der Waals surface area contributed by atoms with Crippen molar-refractivity contribution in [2.45, 2.75) is 41.0 Å². The van der Waals surface area contributed by atoms with Crippen LogP contribution in [0.25, 0.3) is 0 Å². The lowest BCUT2D eigenvalue weighted by molar-refractivity contribution is 0.0975. The van der Waals surface area contributed by atoms with Crippen LogP contribution in [0.1, 0.15) is 72.9 Å². The van der Waals surface area contributed by atoms with Gasteiger partial charge in [-0.3, -0.25) is 24.5 Å². The van der Waals surface area contributed by atoms with E-state index in [1.165, 1.54) is 18.3 Å². The minimum Gasteiger partial charge on any atom is -0.417 e. The molecule has 2 aromatic carbocycles. The molecule has 2 atom stereocenters. The van der Waals surface area contributed by atoms with E-state index in [-0.39, 0.29) is 39.5 Å². The second-order valence-electron chi connectivity index (χ2n) is 10.9. The smallest absolute Gasteiger partial charge is 0.417 e. The van der Waals surface area contributed by atoms with Crippen LogP contribution in [0.15, 0.2) is 144 Å². The van der Waals surface area contributed by atoms with Crippen LogP contribution in [-0.4, -0.2) is 39.2 Å². The molecular weight excluding hydrogens is 712 g/mol. The highest BCUT2D eigenvalue weighted by molar-refractivity contribution is 7.42. The Morgan fingerprint density at radius 2 is 1.47 bits per heavy atom. The summed E-state index contributed by atoms with van der Waals surface area (Å²) in [6.07, 6.45) is 17.9. The van der Waals surface area contributed by atoms with Gasteiger partial charge in [0.25, 0.3) is 0 Å². The minimum absolute atomic E-state index is 0.0118. The number of aromatic nitrogens is 2. The zero-order valence-electron chi connectivity index (χ0n) is 30.1. The number of aliphatic imine (C=N–C) groups is 1. The number of hydrogen-bond acceptors (Lipinski definition) is 11. The van der Waals surface area contributed by atoms with E-state index in [9.17, 15) is 14.5 Å². The summed E-state index contributed by atoms with van der Waals surface area (Å²) < 4.78 is 29.7. The number of nitrogens with zero attached hydrogens (tertiary/aromatic N) is 3. The van der Waals surface area contributed by atoms with Crippen molar-refractivity contribution in [3.8, 4) is 17.2 Å². The van der Waals surface area contributed by atoms with Crippen molar-refractivity contribution in [3.05, 3.63) is 161 Å². The van der Waals surface area contributed by atoms with E-state index in [0.717, 1.165) is 5.57 Å². The molecule has 2 unspecified atom stereocenters. The van der Waals surface area contributed by atoms with E-state index >= 15 is 0 Å². The quantitative estimate of drug-likeness (QED) is 0.0744. The molecule has 13 heteroatoms. The summed E-state index contributed by atoms with van der Waals surface area (Å²) in [4.78, 5) is 50.4. The predicted octanol–water partition coefficient (Wildman–Crippen LogP) is 10.1. The average Bonchev–Trinajstić information content (AvgIpc) is 3.18. The fourth-order valence-corrected chi connectivity index (χ4v) is 6.33. The molecule has 0 saturated carbocycles. The molecule has 4 aromatic rings. The lowest BCUT2D eigenvalue weighted by atomic mass is 9.83. The maximum Gasteiger partial charge on any atom is 0.530 e. The van der Waals surface area contributed by atoms with Crippen LogP contribution in [-0.2, 0) is 9.05 Å². The number of fused-ring (bicyclic) bond motifs is 2. The number of carbonyl (C=O) groups excluding carboxylic acids is 2. The zero-order chi connectivity index (χ0) is 38.0. The van der Waals surface area contributed by atoms with Gasteiger partial charge in [-0.15, -0.1) is 0 Å². The van der Waals surface area contributed by atoms with Crippen LogP contribution in [0.4, 0.5) is 0 Å². The minimum atomic E-state index is -2.51. The normalized spacial score (nSPS) is 14.1. The molecule has 6 rings (SSSR count). The van der Waals surface area contributed by atoms with Gasteiger partial charge in [0.15, 0.2) is 5.78 Å². The summed E-state index contributed by atoms with van der Waals surface area (Å²) >= 11 is 0. The molecule has 2 aliphatic rings. The number of rotatable bonds is 12. The topological polar surface area (TPSA) is 139 Å². The Morgan fingerprint density at radius 3 is 2.02 bits per heavy atom. The molecule has 2 aromatic heterocycles. The van der Waals surface area contributed by atoms with Crippen molar-refractivity contribution in [2.75, 3.05) is 6.54 Å². The van der Waals surface area contributed by atoms with Crippen molar-refractivity contribution in [1.82, 2.24) is 9.97 Å². The molecule has 1 N–H and O–H groups in total. The van der Waals surface area contributed by atoms with E-state index in [1.54, 1.807) is 67.3 Å². The number of dihydropyridines is 1. The molecule has 53 heavy (non-hydrogen) atoms. The molecule has 1 aliphatic carbocycles. The molecule has 0 saturated heterocycles. The van der Waals surface area contributed by atoms with Gasteiger partial charge in [-0.05, 0) is 81.8 Å². The third-order valence-corrected chi connectivity index (χ3v) is 8.58. The van der Waals surface area contributed by atoms with Crippen molar-refractivity contribution in [2.24, 2.45) is 4.99 Å². The van der Waals surface area contributed by atoms with Crippen LogP contribution < -0.4 is 13.6 Å². The second kappa shape index (κ2) is 21.2. The third-order valence-electron chi connectivity index (χ3n) is 6.80. The van der Waals surface area contributed by atoms with Gasteiger partial charge in [0.05, 0.1) is 23.5 Å². The van der Waals surface area contributed by atoms with Crippen LogP contribution in [0, 0.1) is 0 Å². The Balaban J connectivity index is 0.000000702. The summed E-state index contributed by atoms with van der Waals surface area (Å²) in [6.45, 7) is 10.4. The second-order valence-corrected chi connectivity index (χ2v) is 12.7. The van der Waals surface area contributed by atoms with E-state index in [1.807, 2.05) is 77.1 Å². The molecule has 0 radical (unpaired) electrons. The van der Waals surface area contributed by atoms with Crippen LogP contribution in [0.3, 0.4) is 0 Å². The average molecular weight is 754 g/mol. The zero-order valence-corrected chi connectivity index (χ0v) is 31.9. The summed E-state index contributed by atoms with van der Waals surface area (Å²) in [5, 5.41) is 0. The molecular formula is C40H41N3O8P2. The van der Waals surface area contributed by atoms with Gasteiger partial charge in [0, 0.05) is 36.3 Å². The van der Waals surface area contributed by atoms with Crippen molar-refractivity contribution in [3.63, 3.8) is 0 Å². The van der Waals surface area contributed by atoms with E-state index in [2.05, 4.69) is 15.0 Å². The number of allylic oxidation sites excluding steroid dienone is 6. The molecule has 274 valence electrons. The number of hydrogen-bond donors (Lipinski definition) is 1. The first-order valence-electron chi connectivity index (χ1n) is 16.8. The predicted molar refractivity (Wildman–Crippen MR) is 208 cm³/mol. The monoisotopic (exact) mass is 753 g/mol. The first-order chi connectivity index (χ1) is 25.8. The van der Waals surface area contributed by atoms with Crippen LogP contribution >= 0.6 is 17.2 Å². The third kappa shape index (κ3) is 11.8. The SMILES string of the molecule is C/C=C\C=C(/C=C(C)C)OP(OC1=CCCN=C1)Oc1cccc2c1C(=O)c1c(OP(O)Oc3cccnc3)cccc1C2=O.CC.c1ccncc1. The molecule has 11 nitrogen and oxygen atoms in total. The molecule has 0 fully saturated rings. The number of benzene rings is 2. The van der Waals surface area contributed by atoms with Crippen molar-refractivity contribution >= 4 is 35.0 Å². The Morgan fingerprint density at radius 1 is 0.792 bits per heavy atom. The largest absolute Gasteiger partial charge is 0.530 e. The Hall–Kier alpha value is -5.47. The molecule has 3 heterocycles. The lowest BCUT2D eigenvalue weighted by Gasteiger charge is -2.24. The summed E-state index contributed by atoms with van der Waals surface area (Å²) in [6, 6.07) is 18.3. The summed E-state index contributed by atoms with van der Waals surface area (Å²) in [5.41, 5.74) is 1.27. The molecule has 0 bridgehead atoms. The Bertz CT molecular complexity index is 1950. The number of carbonyl (C=O) groups is 2. The van der Waals surface area contributed by atoms with E-state index < -0.39 is 28.8 Å². The maximum absolute atomic E-state index is 14.1. The van der Waals surface area contributed by atoms with Gasteiger partial charge >= 0.3 is 17.2 Å². The fraction of sp³-hybridized carbons (Fsp3) is 0.175. The number of ketones is 2. The Labute approximate surface area is 312 Å². The van der Waals surface area contributed by atoms with Gasteiger partial charge in [-0.2, -0.15) is 0 Å². The van der Waals surface area contributed by atoms with Crippen molar-refractivity contribution in [1.29, 1.82) is 0 Å². The highest BCUT2D eigenvalue weighted by Gasteiger charge is 2.37. The first-order valence-corrected chi connectivity index (χ1v) is 19.0. The van der Waals surface area contributed by atoms with Gasteiger partial charge < -0.3 is 27.5 Å². The summed E-state index contributed by atoms with van der Waals surface area (Å²) in [7, 11) is -4.69. The van der Waals surface area contributed by atoms with E-state index in [4.69, 9.17) is 22.6 Å². The summed E-state index contributed by atoms with van der Waals surface area (Å²) in [5.74, 6) is 0.365. The fourth-order valence-electron chi connectivity index (χ4n) is 4.68. The van der Waals surface area contributed by atoms with Crippen LogP contribution in [0.2, 0.25) is 0 Å². The number of pyridine rings is 2. The Kier molecular flexibility index (Phi) is 16.1. The molecule has 0 amide bonds. The lowest BCUT2D eigenvalue weighted by Crippen LogP contribution is -2.22. The van der Waals surface area contributed by atoms with Gasteiger partial charge in [-0.25, -0.2) is 0 Å². The highest BCUT2D eigenvalue weighted by atomic mass is 31.2. The van der Waals surface area contributed by atoms with Gasteiger partial charge in [0.1, 0.15) is 28.8 Å². The molecule has 1 aliphatic heterocycles. The molecule has 0 spiro atoms. The van der Waals surface area contributed by atoms with Gasteiger partial charge in [-0.1, -0.05) is 61.9 Å². The van der Waals surface area contributed by atoms with Crippen molar-refractivity contribution < 1.29 is 37.1 Å². The standard InChI is InChI=1S/C33H30N2O8P2.C5H5N.C2H6/c1-4-5-10-23(19-22(2)3)40-45(41-25-12-9-18-35-21-25)43-29-16-7-14-27-31(29)33(37)30-26(32(27)36)13-6-15-28(30)42-44(38)39-24-11-8-17-34-20-24;1-2-4-6-5-3-1;1-2/h4-8,10-17,19-21,38H,9,18H2,1-3H3;1-5H;1-2H3/b5-4-,23-10+;;. The van der Waals surface area contributed by atoms with Crippen LogP contribution in [0.5, 0.6) is 17.2 Å². The van der Waals surface area contributed by atoms with E-state index in [0.29, 0.717) is 24.5 Å². The first kappa shape index (κ1) is 40.3. The highest BCUT2D eigenvalue weighted by Crippen LogP contribution is 2.49.